The molecule has 5 nitrogen and oxygen atoms in total. The molecule has 5 heteroatoms. The van der Waals surface area contributed by atoms with E-state index in [-0.39, 0.29) is 0 Å². The third-order valence-corrected chi connectivity index (χ3v) is 3.65. The Morgan fingerprint density at radius 1 is 0.773 bits per heavy atom. The molecule has 0 aromatic carbocycles. The van der Waals surface area contributed by atoms with Gasteiger partial charge in [-0.25, -0.2) is 4.98 Å². The van der Waals surface area contributed by atoms with Crippen LogP contribution in [0.15, 0.2) is 36.4 Å². The van der Waals surface area contributed by atoms with Gasteiger partial charge in [0.1, 0.15) is 5.82 Å². The van der Waals surface area contributed by atoms with Gasteiger partial charge in [0.05, 0.1) is 45.3 Å². The highest BCUT2D eigenvalue weighted by molar-refractivity contribution is 5.68. The van der Waals surface area contributed by atoms with E-state index in [9.17, 15) is 0 Å². The van der Waals surface area contributed by atoms with Gasteiger partial charge >= 0.3 is 0 Å². The quantitative estimate of drug-likeness (QED) is 0.807. The van der Waals surface area contributed by atoms with Crippen LogP contribution in [0.2, 0.25) is 0 Å². The summed E-state index contributed by atoms with van der Waals surface area (Å²) in [6, 6.07) is 12.3. The van der Waals surface area contributed by atoms with Crippen molar-refractivity contribution in [3.8, 4) is 11.3 Å². The van der Waals surface area contributed by atoms with E-state index in [0.29, 0.717) is 39.6 Å². The van der Waals surface area contributed by atoms with Crippen LogP contribution in [0.1, 0.15) is 0 Å². The Morgan fingerprint density at radius 3 is 2.14 bits per heavy atom. The number of ether oxygens (including phenoxy) is 3. The van der Waals surface area contributed by atoms with Crippen molar-refractivity contribution in [2.75, 3.05) is 57.6 Å². The van der Waals surface area contributed by atoms with Crippen molar-refractivity contribution in [2.45, 2.75) is 0 Å². The van der Waals surface area contributed by atoms with E-state index in [1.165, 1.54) is 0 Å². The smallest absolute Gasteiger partial charge is 0.130 e. The molecular weight excluding hydrogens is 280 g/mol. The topological polar surface area (TPSA) is 43.8 Å². The maximum atomic E-state index is 5.61. The fraction of sp³-hybridized carbons (Fsp3) is 0.471. The van der Waals surface area contributed by atoms with Crippen molar-refractivity contribution < 1.29 is 14.2 Å². The summed E-state index contributed by atoms with van der Waals surface area (Å²) in [5.41, 5.74) is 2.17. The van der Waals surface area contributed by atoms with Crippen molar-refractivity contribution >= 4 is 5.82 Å². The molecule has 0 saturated carbocycles. The summed E-state index contributed by atoms with van der Waals surface area (Å²) in [5.74, 6) is 0.988. The van der Waals surface area contributed by atoms with Crippen LogP contribution in [0, 0.1) is 0 Å². The second kappa shape index (κ2) is 8.08. The van der Waals surface area contributed by atoms with Crippen LogP contribution in [0.3, 0.4) is 0 Å². The van der Waals surface area contributed by atoms with Gasteiger partial charge < -0.3 is 19.1 Å². The summed E-state index contributed by atoms with van der Waals surface area (Å²) < 4.78 is 16.6. The third kappa shape index (κ3) is 4.16. The molecular formula is C17H22N2O3. The molecule has 0 atom stereocenters. The number of nitrogens with zero attached hydrogens (tertiary/aromatic N) is 2. The molecule has 2 aliphatic heterocycles. The van der Waals surface area contributed by atoms with E-state index in [0.717, 1.165) is 30.2 Å². The first-order valence-electron chi connectivity index (χ1n) is 7.77. The minimum atomic E-state index is 0.623. The maximum Gasteiger partial charge on any atom is 0.130 e. The van der Waals surface area contributed by atoms with Crippen molar-refractivity contribution in [1.29, 1.82) is 0 Å². The van der Waals surface area contributed by atoms with E-state index in [2.05, 4.69) is 17.0 Å². The average molecular weight is 302 g/mol. The number of hydrogen-bond donors (Lipinski definition) is 0. The Hall–Kier alpha value is -1.69. The molecule has 1 fully saturated rings. The van der Waals surface area contributed by atoms with E-state index in [1.807, 2.05) is 24.3 Å². The largest absolute Gasteiger partial charge is 0.377 e. The molecule has 118 valence electrons. The zero-order valence-electron chi connectivity index (χ0n) is 12.7. The SMILES string of the molecule is c1ccc2cc(N3CCOCCOCCOCC3)nc-2cc1. The molecule has 0 unspecified atom stereocenters. The van der Waals surface area contributed by atoms with Gasteiger partial charge in [0, 0.05) is 18.7 Å². The molecule has 0 spiro atoms. The lowest BCUT2D eigenvalue weighted by molar-refractivity contribution is 0.0125. The van der Waals surface area contributed by atoms with E-state index >= 15 is 0 Å². The van der Waals surface area contributed by atoms with Crippen molar-refractivity contribution in [3.63, 3.8) is 0 Å². The summed E-state index contributed by atoms with van der Waals surface area (Å²) in [6.07, 6.45) is 0. The van der Waals surface area contributed by atoms with Crippen LogP contribution in [-0.4, -0.2) is 57.7 Å². The monoisotopic (exact) mass is 302 g/mol. The summed E-state index contributed by atoms with van der Waals surface area (Å²) in [4.78, 5) is 6.96. The second-order valence-corrected chi connectivity index (χ2v) is 5.19. The van der Waals surface area contributed by atoms with E-state index < -0.39 is 0 Å². The number of aromatic nitrogens is 1. The van der Waals surface area contributed by atoms with Gasteiger partial charge in [-0.1, -0.05) is 24.3 Å². The number of anilines is 1. The average Bonchev–Trinajstić information content (AvgIpc) is 2.79. The Kier molecular flexibility index (Phi) is 5.59. The van der Waals surface area contributed by atoms with Gasteiger partial charge in [-0.05, 0) is 12.1 Å². The van der Waals surface area contributed by atoms with Gasteiger partial charge in [-0.2, -0.15) is 0 Å². The minimum Gasteiger partial charge on any atom is -0.377 e. The number of fused-ring (bicyclic) bond motifs is 1. The summed E-state index contributed by atoms with van der Waals surface area (Å²) >= 11 is 0. The van der Waals surface area contributed by atoms with Crippen molar-refractivity contribution in [1.82, 2.24) is 4.98 Å². The number of rotatable bonds is 1. The zero-order valence-corrected chi connectivity index (χ0v) is 12.7. The Morgan fingerprint density at radius 2 is 1.41 bits per heavy atom. The normalized spacial score (nSPS) is 18.6. The first-order valence-corrected chi connectivity index (χ1v) is 7.77. The highest BCUT2D eigenvalue weighted by Gasteiger charge is 2.14. The Balaban J connectivity index is 1.72. The van der Waals surface area contributed by atoms with Crippen LogP contribution in [0.25, 0.3) is 11.3 Å². The first kappa shape index (κ1) is 15.2. The van der Waals surface area contributed by atoms with Crippen LogP contribution in [-0.2, 0) is 14.2 Å². The van der Waals surface area contributed by atoms with E-state index in [1.54, 1.807) is 0 Å². The molecule has 2 heterocycles. The molecule has 1 saturated heterocycles. The van der Waals surface area contributed by atoms with Gasteiger partial charge in [-0.3, -0.25) is 0 Å². The predicted octanol–water partition coefficient (Wildman–Crippen LogP) is 2.06. The molecule has 0 bridgehead atoms. The van der Waals surface area contributed by atoms with Crippen molar-refractivity contribution in [3.05, 3.63) is 36.4 Å². The minimum absolute atomic E-state index is 0.623. The van der Waals surface area contributed by atoms with Gasteiger partial charge in [0.25, 0.3) is 0 Å². The fourth-order valence-electron chi connectivity index (χ4n) is 2.46. The van der Waals surface area contributed by atoms with Crippen LogP contribution >= 0.6 is 0 Å². The lowest BCUT2D eigenvalue weighted by Gasteiger charge is -2.23. The molecule has 1 aliphatic carbocycles. The highest BCUT2D eigenvalue weighted by Crippen LogP contribution is 2.26. The summed E-state index contributed by atoms with van der Waals surface area (Å²) in [6.45, 7) is 5.44. The van der Waals surface area contributed by atoms with Crippen LogP contribution in [0.5, 0.6) is 0 Å². The number of hydrogen-bond acceptors (Lipinski definition) is 5. The molecule has 3 rings (SSSR count). The molecule has 0 amide bonds. The fourth-order valence-corrected chi connectivity index (χ4v) is 2.46. The van der Waals surface area contributed by atoms with Gasteiger partial charge in [0.15, 0.2) is 0 Å². The molecule has 0 aromatic rings. The lowest BCUT2D eigenvalue weighted by atomic mass is 10.2. The van der Waals surface area contributed by atoms with E-state index in [4.69, 9.17) is 19.2 Å². The van der Waals surface area contributed by atoms with Crippen LogP contribution < -0.4 is 4.90 Å². The Labute approximate surface area is 131 Å². The Bertz CT molecular complexity index is 507. The second-order valence-electron chi connectivity index (χ2n) is 5.19. The standard InChI is InChI=1S/C17H22N2O3/c1-2-4-15-14-17(18-16(15)5-3-1)19-6-8-20-10-12-22-13-11-21-9-7-19/h1-5,14H,6-13H2. The van der Waals surface area contributed by atoms with Crippen molar-refractivity contribution in [2.24, 2.45) is 0 Å². The van der Waals surface area contributed by atoms with Gasteiger partial charge in [0.2, 0.25) is 0 Å². The molecule has 3 aliphatic rings. The summed E-state index contributed by atoms with van der Waals surface area (Å²) in [5, 5.41) is 0. The predicted molar refractivity (Wildman–Crippen MR) is 85.5 cm³/mol. The summed E-state index contributed by atoms with van der Waals surface area (Å²) in [7, 11) is 0. The molecule has 0 radical (unpaired) electrons. The van der Waals surface area contributed by atoms with Gasteiger partial charge in [-0.15, -0.1) is 0 Å². The molecule has 22 heavy (non-hydrogen) atoms. The third-order valence-electron chi connectivity index (χ3n) is 3.65. The molecule has 0 aromatic heterocycles. The lowest BCUT2D eigenvalue weighted by Crippen LogP contribution is -2.32. The first-order chi connectivity index (χ1) is 10.9. The zero-order chi connectivity index (χ0) is 15.0. The molecule has 0 N–H and O–H groups in total. The van der Waals surface area contributed by atoms with Crippen LogP contribution in [0.4, 0.5) is 5.82 Å². The maximum absolute atomic E-state index is 5.61. The highest BCUT2D eigenvalue weighted by atomic mass is 16.5.